The highest BCUT2D eigenvalue weighted by atomic mass is 32.2. The van der Waals surface area contributed by atoms with E-state index in [1.54, 1.807) is 31.3 Å². The predicted octanol–water partition coefficient (Wildman–Crippen LogP) is 11.4. The summed E-state index contributed by atoms with van der Waals surface area (Å²) < 4.78 is 88.7. The van der Waals surface area contributed by atoms with Crippen LogP contribution in [0.1, 0.15) is 98.7 Å². The molecule has 2 aliphatic heterocycles. The molecule has 9 rings (SSSR count). The van der Waals surface area contributed by atoms with E-state index in [1.807, 2.05) is 168 Å². The van der Waals surface area contributed by atoms with Crippen molar-refractivity contribution in [3.8, 4) is 5.75 Å². The summed E-state index contributed by atoms with van der Waals surface area (Å²) in [7, 11) is -5.37. The Labute approximate surface area is 584 Å². The molecule has 2 unspecified atom stereocenters. The second-order valence-corrected chi connectivity index (χ2v) is 29.1. The molecule has 2 heterocycles. The fourth-order valence-electron chi connectivity index (χ4n) is 12.5. The van der Waals surface area contributed by atoms with Gasteiger partial charge in [-0.15, -0.1) is 0 Å². The van der Waals surface area contributed by atoms with Gasteiger partial charge in [0.1, 0.15) is 44.1 Å². The van der Waals surface area contributed by atoms with E-state index in [9.17, 15) is 49.9 Å². The Kier molecular flexibility index (Phi) is 24.8. The van der Waals surface area contributed by atoms with E-state index in [1.165, 1.54) is 16.8 Å². The number of likely N-dealkylation sites (N-methyl/N-ethyl adjacent to an activating group) is 2. The van der Waals surface area contributed by atoms with Crippen LogP contribution in [0.25, 0.3) is 22.9 Å². The molecule has 7 aromatic carbocycles. The van der Waals surface area contributed by atoms with Crippen molar-refractivity contribution in [1.29, 1.82) is 0 Å². The van der Waals surface area contributed by atoms with E-state index in [4.69, 9.17) is 19.9 Å². The maximum atomic E-state index is 14.5. The zero-order valence-electron chi connectivity index (χ0n) is 57.1. The predicted molar refractivity (Wildman–Crippen MR) is 388 cm³/mol. The van der Waals surface area contributed by atoms with Crippen molar-refractivity contribution >= 4 is 102 Å². The summed E-state index contributed by atoms with van der Waals surface area (Å²) in [5.41, 5.74) is 14.1. The SMILES string of the molecule is CN(CCN(C)C(=O)Oc1c(/C=C/C2=[N+](CCCS(=O)(=O)O)c3ccccc3C2(C)C)cc(/C=C/C2=[N+](CCCS(=O)(=O)O)c3ccccc3C2(C)C)c2ccccc12)C(=O)OCc1ccc(NC(=O)C(CCCCN)NC(=O)C(Cc2ccccc2)NC(=O)OCc2ccccc2)cc1. The first kappa shape index (κ1) is 74.4. The maximum Gasteiger partial charge on any atom is 0.415 e. The van der Waals surface area contributed by atoms with Gasteiger partial charge in [0, 0.05) is 98.5 Å². The number of carbonyl (C=O) groups excluding carboxylic acids is 5. The van der Waals surface area contributed by atoms with Crippen LogP contribution in [0.2, 0.25) is 0 Å². The molecule has 0 radical (unpaired) electrons. The van der Waals surface area contributed by atoms with Gasteiger partial charge in [0.25, 0.3) is 20.2 Å². The number of anilines is 1. The Morgan fingerprint density at radius 2 is 1.03 bits per heavy atom. The molecule has 0 fully saturated rings. The molecule has 0 saturated carbocycles. The molecule has 7 aromatic rings. The molecule has 2 aliphatic rings. The Morgan fingerprint density at radius 3 is 1.59 bits per heavy atom. The van der Waals surface area contributed by atoms with E-state index < -0.39 is 84.7 Å². The van der Waals surface area contributed by atoms with Crippen LogP contribution in [0.4, 0.5) is 31.4 Å². The Morgan fingerprint density at radius 1 is 0.540 bits per heavy atom. The molecule has 0 spiro atoms. The Hall–Kier alpha value is -9.85. The molecular weight excluding hydrogens is 1310 g/mol. The van der Waals surface area contributed by atoms with Crippen molar-refractivity contribution < 1.29 is 73.3 Å². The molecule has 5 amide bonds. The number of rotatable bonds is 31. The van der Waals surface area contributed by atoms with E-state index in [2.05, 4.69) is 48.2 Å². The van der Waals surface area contributed by atoms with Gasteiger partial charge in [-0.2, -0.15) is 26.0 Å². The van der Waals surface area contributed by atoms with Crippen LogP contribution in [0, 0.1) is 0 Å². The van der Waals surface area contributed by atoms with Crippen molar-refractivity contribution in [3.63, 3.8) is 0 Å². The third-order valence-electron chi connectivity index (χ3n) is 17.9. The van der Waals surface area contributed by atoms with Gasteiger partial charge in [0.15, 0.2) is 11.4 Å². The molecule has 7 N–H and O–H groups in total. The molecular formula is C76H88N8O14S2+2. The fourth-order valence-corrected chi connectivity index (χ4v) is 13.5. The standard InChI is InChI=1S/C76H86N8O14S2/c1-75(2)61-29-15-17-32-65(61)83(43-21-47-99(90,91)92)67(75)40-36-56-50-57(37-41-68-76(3,4)62-30-16-18-33-66(62)84(68)44-22-48-100(93,94)95)69(60-28-14-13-27-59(56)60)98-74(89)82(6)46-45-81(5)73(88)97-52-55-34-38-58(39-35-55)78-70(85)63(31-19-20-42-77)79-71(86)64(49-53-23-9-7-10-24-53)80-72(87)96-51-54-25-11-8-12-26-54/h7-18,23-30,32-41,50,63-64H,19-22,31,42-49,51-52,77H2,1-6H3,(H3-2,78,79,80,85,86,87,90,91,92,93,94,95)/p+2/b40-36+,41-37+. The fraction of sp³-hybridized carbons (Fsp3) is 0.329. The van der Waals surface area contributed by atoms with Crippen molar-refractivity contribution in [2.45, 2.75) is 102 Å². The Bertz CT molecular complexity index is 4480. The lowest BCUT2D eigenvalue weighted by Gasteiger charge is -2.23. The molecule has 0 bridgehead atoms. The summed E-state index contributed by atoms with van der Waals surface area (Å²) in [5, 5.41) is 9.75. The maximum absolute atomic E-state index is 14.5. The third kappa shape index (κ3) is 19.5. The first-order chi connectivity index (χ1) is 47.7. The molecule has 22 nitrogen and oxygen atoms in total. The lowest BCUT2D eigenvalue weighted by molar-refractivity contribution is -0.437. The van der Waals surface area contributed by atoms with Gasteiger partial charge < -0.3 is 45.7 Å². The first-order valence-corrected chi connectivity index (χ1v) is 36.5. The summed E-state index contributed by atoms with van der Waals surface area (Å²) in [6, 6.07) is 48.1. The van der Waals surface area contributed by atoms with Crippen LogP contribution in [0.5, 0.6) is 5.75 Å². The monoisotopic (exact) mass is 1400 g/mol. The average molecular weight is 1400 g/mol. The number of benzene rings is 7. The van der Waals surface area contributed by atoms with Gasteiger partial charge >= 0.3 is 18.3 Å². The summed E-state index contributed by atoms with van der Waals surface area (Å²) in [6.07, 6.45) is 7.44. The van der Waals surface area contributed by atoms with E-state index >= 15 is 0 Å². The number of nitrogens with two attached hydrogens (primary N) is 1. The number of hydrogen-bond donors (Lipinski definition) is 6. The van der Waals surface area contributed by atoms with Crippen LogP contribution in [-0.2, 0) is 69.8 Å². The number of unbranched alkanes of at least 4 members (excludes halogenated alkanes) is 1. The van der Waals surface area contributed by atoms with Crippen LogP contribution < -0.4 is 26.4 Å². The summed E-state index contributed by atoms with van der Waals surface area (Å²) in [6.45, 7) is 9.25. The average Bonchev–Trinajstić information content (AvgIpc) is 0.784. The number of hydrogen-bond acceptors (Lipinski definition) is 13. The number of para-hydroxylation sites is 2. The molecule has 2 atom stereocenters. The highest BCUT2D eigenvalue weighted by Crippen LogP contribution is 2.43. The number of fused-ring (bicyclic) bond motifs is 3. The lowest BCUT2D eigenvalue weighted by atomic mass is 9.81. The number of nitrogens with zero attached hydrogens (tertiary/aromatic N) is 4. The van der Waals surface area contributed by atoms with Gasteiger partial charge in [-0.05, 0) is 111 Å². The minimum Gasteiger partial charge on any atom is -0.445 e. The number of amides is 5. The quantitative estimate of drug-likeness (QED) is 0.0134. The smallest absolute Gasteiger partial charge is 0.415 e. The number of carbonyl (C=O) groups is 5. The van der Waals surface area contributed by atoms with Gasteiger partial charge in [-0.1, -0.05) is 133 Å². The molecule has 0 aromatic heterocycles. The largest absolute Gasteiger partial charge is 0.445 e. The summed E-state index contributed by atoms with van der Waals surface area (Å²) in [5.74, 6) is -1.68. The van der Waals surface area contributed by atoms with E-state index in [-0.39, 0.29) is 64.3 Å². The minimum atomic E-state index is -4.25. The van der Waals surface area contributed by atoms with Crippen molar-refractivity contribution in [2.75, 3.05) is 63.6 Å². The van der Waals surface area contributed by atoms with Gasteiger partial charge in [0.2, 0.25) is 23.2 Å². The molecule has 526 valence electrons. The zero-order valence-corrected chi connectivity index (χ0v) is 58.8. The molecule has 100 heavy (non-hydrogen) atoms. The number of nitrogens with one attached hydrogen (secondary N) is 3. The van der Waals surface area contributed by atoms with Gasteiger partial charge in [-0.25, -0.2) is 14.4 Å². The summed E-state index contributed by atoms with van der Waals surface area (Å²) >= 11 is 0. The molecule has 0 aliphatic carbocycles. The van der Waals surface area contributed by atoms with Crippen molar-refractivity contribution in [1.82, 2.24) is 20.4 Å². The second-order valence-electron chi connectivity index (χ2n) is 26.0. The van der Waals surface area contributed by atoms with Gasteiger partial charge in [0.05, 0.1) is 22.3 Å². The first-order valence-electron chi connectivity index (χ1n) is 33.2. The molecule has 0 saturated heterocycles. The normalized spacial score (nSPS) is 14.5. The highest BCUT2D eigenvalue weighted by molar-refractivity contribution is 7.86. The Balaban J connectivity index is 0.888. The van der Waals surface area contributed by atoms with Crippen molar-refractivity contribution in [3.05, 3.63) is 215 Å². The molecule has 24 heteroatoms. The highest BCUT2D eigenvalue weighted by Gasteiger charge is 2.45. The zero-order chi connectivity index (χ0) is 71.8. The van der Waals surface area contributed by atoms with Gasteiger partial charge in [-0.3, -0.25) is 18.7 Å². The van der Waals surface area contributed by atoms with Crippen LogP contribution in [0.15, 0.2) is 176 Å². The second kappa shape index (κ2) is 33.3. The van der Waals surface area contributed by atoms with E-state index in [0.717, 1.165) is 56.0 Å². The minimum absolute atomic E-state index is 0.00569. The van der Waals surface area contributed by atoms with Crippen molar-refractivity contribution in [2.24, 2.45) is 5.73 Å². The number of allylic oxidation sites excluding steroid dienone is 2. The number of alkyl carbamates (subject to hydrolysis) is 1. The third-order valence-corrected chi connectivity index (χ3v) is 19.5. The summed E-state index contributed by atoms with van der Waals surface area (Å²) in [4.78, 5) is 71.6. The van der Waals surface area contributed by atoms with Crippen LogP contribution in [-0.4, -0.2) is 157 Å². The van der Waals surface area contributed by atoms with Crippen LogP contribution in [0.3, 0.4) is 0 Å². The number of ether oxygens (including phenoxy) is 3. The lowest BCUT2D eigenvalue weighted by Crippen LogP contribution is -2.53. The van der Waals surface area contributed by atoms with Crippen LogP contribution >= 0.6 is 0 Å². The van der Waals surface area contributed by atoms with E-state index in [0.29, 0.717) is 48.1 Å². The topological polar surface area (TPSA) is 296 Å².